The summed E-state index contributed by atoms with van der Waals surface area (Å²) in [6.07, 6.45) is 4.64. The van der Waals surface area contributed by atoms with Gasteiger partial charge in [0, 0.05) is 0 Å². The molecule has 2 N–H and O–H groups in total. The molecular formula is C18H41BO4Si2. The summed E-state index contributed by atoms with van der Waals surface area (Å²) >= 11 is 0. The summed E-state index contributed by atoms with van der Waals surface area (Å²) in [7, 11) is -5.11. The Bertz CT molecular complexity index is 387. The quantitative estimate of drug-likeness (QED) is 0.447. The first-order chi connectivity index (χ1) is 11.5. The zero-order valence-electron chi connectivity index (χ0n) is 17.8. The van der Waals surface area contributed by atoms with E-state index in [0.29, 0.717) is 0 Å². The van der Waals surface area contributed by atoms with Gasteiger partial charge in [0.1, 0.15) is 0 Å². The Kier molecular flexibility index (Phi) is 11.1. The second-order valence-corrected chi connectivity index (χ2v) is 17.4. The van der Waals surface area contributed by atoms with E-state index in [1.54, 1.807) is 0 Å². The van der Waals surface area contributed by atoms with Crippen molar-refractivity contribution in [1.29, 1.82) is 0 Å². The van der Waals surface area contributed by atoms with Gasteiger partial charge in [0.05, 0.1) is 11.7 Å². The van der Waals surface area contributed by atoms with Gasteiger partial charge < -0.3 is 18.9 Å². The van der Waals surface area contributed by atoms with Gasteiger partial charge in [-0.05, 0) is 51.1 Å². The topological polar surface area (TPSA) is 58.9 Å². The Hall–Kier alpha value is 0.0787. The van der Waals surface area contributed by atoms with E-state index in [9.17, 15) is 10.0 Å². The van der Waals surface area contributed by atoms with Gasteiger partial charge in [-0.25, -0.2) is 0 Å². The first kappa shape index (κ1) is 25.1. The maximum Gasteiger partial charge on any atom is 0.480 e. The molecule has 0 heterocycles. The second kappa shape index (κ2) is 11.0. The van der Waals surface area contributed by atoms with Gasteiger partial charge in [-0.2, -0.15) is 0 Å². The molecule has 2 unspecified atom stereocenters. The monoisotopic (exact) mass is 388 g/mol. The number of hydrogen-bond donors (Lipinski definition) is 2. The van der Waals surface area contributed by atoms with Crippen LogP contribution in [0, 0.1) is 0 Å². The molecular weight excluding hydrogens is 347 g/mol. The normalized spacial score (nSPS) is 16.9. The summed E-state index contributed by atoms with van der Waals surface area (Å²) in [5.41, 5.74) is -0.441. The summed E-state index contributed by atoms with van der Waals surface area (Å²) in [4.78, 5) is 0. The van der Waals surface area contributed by atoms with Crippen molar-refractivity contribution in [3.63, 3.8) is 0 Å². The molecule has 0 fully saturated rings. The van der Waals surface area contributed by atoms with Crippen molar-refractivity contribution in [2.24, 2.45) is 0 Å². The largest absolute Gasteiger partial charge is 0.480 e. The van der Waals surface area contributed by atoms with E-state index in [4.69, 9.17) is 8.85 Å². The minimum absolute atomic E-state index is 0.251. The fourth-order valence-corrected chi connectivity index (χ4v) is 7.80. The van der Waals surface area contributed by atoms with E-state index in [1.165, 1.54) is 5.98 Å². The van der Waals surface area contributed by atoms with E-state index in [0.717, 1.165) is 37.4 Å². The van der Waals surface area contributed by atoms with Gasteiger partial charge in [-0.1, -0.05) is 52.6 Å². The van der Waals surface area contributed by atoms with Crippen LogP contribution in [0.15, 0.2) is 12.1 Å². The molecule has 0 aromatic rings. The van der Waals surface area contributed by atoms with Gasteiger partial charge in [-0.15, -0.1) is 0 Å². The lowest BCUT2D eigenvalue weighted by molar-refractivity contribution is -0.0227. The van der Waals surface area contributed by atoms with Crippen molar-refractivity contribution in [1.82, 2.24) is 0 Å². The van der Waals surface area contributed by atoms with Crippen molar-refractivity contribution >= 4 is 23.8 Å². The van der Waals surface area contributed by atoms with Gasteiger partial charge >= 0.3 is 7.12 Å². The molecule has 0 bridgehead atoms. The van der Waals surface area contributed by atoms with E-state index >= 15 is 0 Å². The average molecular weight is 389 g/mol. The second-order valence-electron chi connectivity index (χ2n) is 8.21. The smallest absolute Gasteiger partial charge is 0.424 e. The molecule has 0 amide bonds. The van der Waals surface area contributed by atoms with Gasteiger partial charge in [-0.3, -0.25) is 0 Å². The fourth-order valence-electron chi connectivity index (χ4n) is 3.32. The first-order valence-corrected chi connectivity index (χ1v) is 15.8. The Morgan fingerprint density at radius 3 is 1.92 bits per heavy atom. The molecule has 0 aliphatic heterocycles. The van der Waals surface area contributed by atoms with Crippen LogP contribution in [0.1, 0.15) is 53.9 Å². The third kappa shape index (κ3) is 9.02. The molecule has 25 heavy (non-hydrogen) atoms. The van der Waals surface area contributed by atoms with Crippen LogP contribution in [0.4, 0.5) is 0 Å². The van der Waals surface area contributed by atoms with Crippen LogP contribution in [0.5, 0.6) is 0 Å². The fraction of sp³-hybridized carbons (Fsp3) is 0.889. The van der Waals surface area contributed by atoms with Gasteiger partial charge in [0.2, 0.25) is 0 Å². The Balaban J connectivity index is 5.82. The van der Waals surface area contributed by atoms with E-state index in [1.807, 2.05) is 6.08 Å². The highest BCUT2D eigenvalue weighted by Gasteiger charge is 2.42. The third-order valence-electron chi connectivity index (χ3n) is 4.94. The summed E-state index contributed by atoms with van der Waals surface area (Å²) in [6.45, 7) is 17.5. The first-order valence-electron chi connectivity index (χ1n) is 9.90. The van der Waals surface area contributed by atoms with Crippen LogP contribution in [0.3, 0.4) is 0 Å². The maximum atomic E-state index is 9.34. The lowest BCUT2D eigenvalue weighted by Crippen LogP contribution is -2.53. The molecule has 0 spiro atoms. The molecule has 7 heteroatoms. The van der Waals surface area contributed by atoms with Crippen LogP contribution in [0.2, 0.25) is 37.8 Å². The molecule has 148 valence electrons. The molecule has 0 aromatic carbocycles. The highest BCUT2D eigenvalue weighted by atomic mass is 28.4. The predicted octanol–water partition coefficient (Wildman–Crippen LogP) is 4.75. The van der Waals surface area contributed by atoms with Gasteiger partial charge in [0.15, 0.2) is 16.6 Å². The zero-order chi connectivity index (χ0) is 19.7. The van der Waals surface area contributed by atoms with E-state index in [-0.39, 0.29) is 6.10 Å². The molecule has 0 aromatic heterocycles. The third-order valence-corrected chi connectivity index (χ3v) is 10.6. The lowest BCUT2D eigenvalue weighted by atomic mass is 9.86. The number of unbranched alkanes of at least 4 members (excludes halogenated alkanes) is 1. The Morgan fingerprint density at radius 1 is 1.04 bits per heavy atom. The highest BCUT2D eigenvalue weighted by Crippen LogP contribution is 2.34. The van der Waals surface area contributed by atoms with Crippen molar-refractivity contribution in [2.45, 2.75) is 103 Å². The number of rotatable bonds is 13. The minimum Gasteiger partial charge on any atom is -0.424 e. The summed E-state index contributed by atoms with van der Waals surface area (Å²) in [6, 6.07) is 3.18. The standard InChI is InChI=1S/C18H41BO4Si2/c1-9-13-15-18(5,23-24(6,7)8)17(14-16-19(20)21)22-25(10-2,11-3)12-4/h14,16-17,20-21H,9-13,15H2,1-8H3. The lowest BCUT2D eigenvalue weighted by Gasteiger charge is -2.45. The van der Waals surface area contributed by atoms with Crippen molar-refractivity contribution < 1.29 is 18.9 Å². The van der Waals surface area contributed by atoms with Crippen LogP contribution < -0.4 is 0 Å². The molecule has 0 rings (SSSR count). The van der Waals surface area contributed by atoms with Crippen molar-refractivity contribution in [3.05, 3.63) is 12.1 Å². The van der Waals surface area contributed by atoms with Crippen molar-refractivity contribution in [3.8, 4) is 0 Å². The summed E-state index contributed by atoms with van der Waals surface area (Å²) < 4.78 is 13.4. The Morgan fingerprint density at radius 2 is 1.56 bits per heavy atom. The molecule has 0 saturated carbocycles. The Labute approximate surface area is 158 Å². The summed E-state index contributed by atoms with van der Waals surface area (Å²) in [5, 5.41) is 18.7. The van der Waals surface area contributed by atoms with Crippen molar-refractivity contribution in [2.75, 3.05) is 0 Å². The van der Waals surface area contributed by atoms with Gasteiger partial charge in [0.25, 0.3) is 0 Å². The molecule has 0 aliphatic rings. The predicted molar refractivity (Wildman–Crippen MR) is 114 cm³/mol. The van der Waals surface area contributed by atoms with Crippen LogP contribution in [-0.2, 0) is 8.85 Å². The van der Waals surface area contributed by atoms with E-state index < -0.39 is 29.4 Å². The maximum absolute atomic E-state index is 9.34. The molecule has 0 saturated heterocycles. The zero-order valence-corrected chi connectivity index (χ0v) is 19.8. The molecule has 2 atom stereocenters. The van der Waals surface area contributed by atoms with Crippen LogP contribution in [0.25, 0.3) is 0 Å². The average Bonchev–Trinajstić information content (AvgIpc) is 2.52. The van der Waals surface area contributed by atoms with E-state index in [2.05, 4.69) is 54.3 Å². The SMILES string of the molecule is CCCCC(C)(O[Si](C)(C)C)C(C=CB(O)O)O[Si](CC)(CC)CC. The number of hydrogen-bond acceptors (Lipinski definition) is 4. The minimum atomic E-state index is -1.86. The molecule has 4 nitrogen and oxygen atoms in total. The molecule has 0 aliphatic carbocycles. The summed E-state index contributed by atoms with van der Waals surface area (Å²) in [5.74, 6) is 1.42. The highest BCUT2D eigenvalue weighted by molar-refractivity contribution is 6.73. The molecule has 0 radical (unpaired) electrons. The van der Waals surface area contributed by atoms with Crippen LogP contribution >= 0.6 is 0 Å². The van der Waals surface area contributed by atoms with Crippen LogP contribution in [-0.4, -0.2) is 45.5 Å².